The van der Waals surface area contributed by atoms with Gasteiger partial charge in [-0.25, -0.2) is 4.79 Å². The van der Waals surface area contributed by atoms with Crippen LogP contribution < -0.4 is 31.9 Å². The minimum atomic E-state index is -1.18. The molecule has 0 spiro atoms. The fraction of sp³-hybridized carbons (Fsp3) is 0.816. The zero-order valence-corrected chi connectivity index (χ0v) is 41.4. The number of ether oxygens (including phenoxy) is 4. The maximum absolute atomic E-state index is 12.4. The number of amides is 6. The lowest BCUT2D eigenvalue weighted by Crippen LogP contribution is -2.41. The molecule has 6 amide bonds. The van der Waals surface area contributed by atoms with Gasteiger partial charge in [0.1, 0.15) is 19.3 Å². The van der Waals surface area contributed by atoms with E-state index in [9.17, 15) is 38.7 Å². The van der Waals surface area contributed by atoms with Crippen LogP contribution in [0.15, 0.2) is 12.2 Å². The van der Waals surface area contributed by atoms with Gasteiger partial charge in [-0.2, -0.15) is 0 Å². The average Bonchev–Trinajstić information content (AvgIpc) is 3.29. The monoisotopic (exact) mass is 955 g/mol. The molecule has 0 aromatic heterocycles. The summed E-state index contributed by atoms with van der Waals surface area (Å²) in [6, 6.07) is -1.14. The van der Waals surface area contributed by atoms with Crippen LogP contribution in [0, 0.1) is 0 Å². The van der Waals surface area contributed by atoms with Crippen molar-refractivity contribution in [1.29, 1.82) is 0 Å². The number of carbonyl (C=O) groups excluding carboxylic acids is 6. The summed E-state index contributed by atoms with van der Waals surface area (Å²) in [6.45, 7) is 11.2. The summed E-state index contributed by atoms with van der Waals surface area (Å²) in [6.07, 6.45) is 21.6. The van der Waals surface area contributed by atoms with Crippen LogP contribution in [0.25, 0.3) is 0 Å². The molecule has 0 saturated carbocycles. The van der Waals surface area contributed by atoms with Crippen LogP contribution in [-0.4, -0.2) is 138 Å². The van der Waals surface area contributed by atoms with Crippen molar-refractivity contribution in [2.24, 2.45) is 0 Å². The van der Waals surface area contributed by atoms with Crippen LogP contribution in [0.5, 0.6) is 0 Å². The van der Waals surface area contributed by atoms with Gasteiger partial charge >= 0.3 is 5.97 Å². The van der Waals surface area contributed by atoms with Crippen molar-refractivity contribution in [3.63, 3.8) is 0 Å². The molecule has 0 aliphatic carbocycles. The van der Waals surface area contributed by atoms with Crippen molar-refractivity contribution in [1.82, 2.24) is 31.9 Å². The molecule has 0 saturated heterocycles. The number of nitrogens with one attached hydrogen (secondary N) is 6. The van der Waals surface area contributed by atoms with Gasteiger partial charge in [0, 0.05) is 58.4 Å². The molecule has 7 N–H and O–H groups in total. The number of rotatable bonds is 49. The maximum Gasteiger partial charge on any atom is 0.326 e. The number of carbonyl (C=O) groups is 7. The second-order valence-corrected chi connectivity index (χ2v) is 17.0. The molecule has 67 heavy (non-hydrogen) atoms. The molecule has 0 aliphatic heterocycles. The Morgan fingerprint density at radius 3 is 1.22 bits per heavy atom. The Hall–Kier alpha value is -4.13. The minimum Gasteiger partial charge on any atom is -0.480 e. The van der Waals surface area contributed by atoms with Gasteiger partial charge in [0.15, 0.2) is 0 Å². The summed E-state index contributed by atoms with van der Waals surface area (Å²) in [4.78, 5) is 83.8. The lowest BCUT2D eigenvalue weighted by atomic mass is 10.0. The number of hydrogen-bond donors (Lipinski definition) is 7. The van der Waals surface area contributed by atoms with Crippen molar-refractivity contribution in [2.45, 2.75) is 174 Å². The predicted octanol–water partition coefficient (Wildman–Crippen LogP) is 5.16. The van der Waals surface area contributed by atoms with E-state index in [4.69, 9.17) is 18.9 Å². The number of carboxylic acids is 1. The maximum atomic E-state index is 12.4. The van der Waals surface area contributed by atoms with E-state index in [2.05, 4.69) is 52.3 Å². The second kappa shape index (κ2) is 47.0. The van der Waals surface area contributed by atoms with E-state index in [-0.39, 0.29) is 134 Å². The first kappa shape index (κ1) is 62.9. The molecule has 0 aromatic rings. The predicted molar refractivity (Wildman–Crippen MR) is 259 cm³/mol. The molecular formula is C49H90N6O12. The van der Waals surface area contributed by atoms with Gasteiger partial charge < -0.3 is 56.0 Å². The third-order valence-corrected chi connectivity index (χ3v) is 10.6. The van der Waals surface area contributed by atoms with Gasteiger partial charge in [-0.05, 0) is 51.9 Å². The molecule has 0 radical (unpaired) electrons. The third kappa shape index (κ3) is 46.8. The first-order valence-electron chi connectivity index (χ1n) is 25.3. The van der Waals surface area contributed by atoms with Crippen LogP contribution in [0.1, 0.15) is 168 Å². The molecule has 0 aliphatic rings. The Kier molecular flexibility index (Phi) is 44.1. The fourth-order valence-electron chi connectivity index (χ4n) is 6.65. The van der Waals surface area contributed by atoms with Crippen molar-refractivity contribution < 1.29 is 57.6 Å². The van der Waals surface area contributed by atoms with Gasteiger partial charge in [0.2, 0.25) is 35.4 Å². The van der Waals surface area contributed by atoms with E-state index in [0.717, 1.165) is 38.5 Å². The van der Waals surface area contributed by atoms with E-state index in [1.165, 1.54) is 69.8 Å². The smallest absolute Gasteiger partial charge is 0.326 e. The summed E-state index contributed by atoms with van der Waals surface area (Å²) in [7, 11) is 0. The SMILES string of the molecule is C=C(C)CCCCCCCCCCCCCCCCC(=O)NC(CCC(=O)NCCCC(=O)NCCOCCOCC(=O)NCCOCCOCC(=O)NCCCC(=O)NCCCC)C(=O)O. The molecule has 1 unspecified atom stereocenters. The van der Waals surface area contributed by atoms with E-state index in [1.807, 2.05) is 0 Å². The van der Waals surface area contributed by atoms with Crippen LogP contribution in [0.4, 0.5) is 0 Å². The van der Waals surface area contributed by atoms with E-state index in [0.29, 0.717) is 38.8 Å². The molecule has 18 nitrogen and oxygen atoms in total. The summed E-state index contributed by atoms with van der Waals surface area (Å²) >= 11 is 0. The lowest BCUT2D eigenvalue weighted by Gasteiger charge is -2.14. The highest BCUT2D eigenvalue weighted by molar-refractivity contribution is 5.84. The van der Waals surface area contributed by atoms with E-state index in [1.54, 1.807) is 0 Å². The van der Waals surface area contributed by atoms with Crippen molar-refractivity contribution in [2.75, 3.05) is 85.6 Å². The van der Waals surface area contributed by atoms with Crippen LogP contribution in [-0.2, 0) is 52.5 Å². The topological polar surface area (TPSA) is 249 Å². The molecule has 0 rings (SSSR count). The zero-order chi connectivity index (χ0) is 49.4. The second-order valence-electron chi connectivity index (χ2n) is 17.0. The van der Waals surface area contributed by atoms with Crippen LogP contribution in [0.2, 0.25) is 0 Å². The first-order chi connectivity index (χ1) is 32.4. The highest BCUT2D eigenvalue weighted by Crippen LogP contribution is 2.15. The molecule has 388 valence electrons. The number of hydrogen-bond acceptors (Lipinski definition) is 11. The Labute approximate surface area is 401 Å². The number of unbranched alkanes of at least 4 members (excludes halogenated alkanes) is 14. The molecule has 0 aromatic carbocycles. The van der Waals surface area contributed by atoms with Crippen molar-refractivity contribution in [3.05, 3.63) is 12.2 Å². The summed E-state index contributed by atoms with van der Waals surface area (Å²) in [5.74, 6) is -2.63. The Morgan fingerprint density at radius 1 is 0.418 bits per heavy atom. The first-order valence-corrected chi connectivity index (χ1v) is 25.3. The van der Waals surface area contributed by atoms with Crippen molar-refractivity contribution in [3.8, 4) is 0 Å². The third-order valence-electron chi connectivity index (χ3n) is 10.6. The summed E-state index contributed by atoms with van der Waals surface area (Å²) in [5.41, 5.74) is 1.28. The van der Waals surface area contributed by atoms with E-state index >= 15 is 0 Å². The molecule has 1 atom stereocenters. The van der Waals surface area contributed by atoms with Gasteiger partial charge in [0.25, 0.3) is 0 Å². The van der Waals surface area contributed by atoms with Gasteiger partial charge in [-0.15, -0.1) is 6.58 Å². The number of aliphatic carboxylic acids is 1. The number of carboxylic acid groups (broad SMARTS) is 1. The molecule has 18 heteroatoms. The summed E-state index contributed by atoms with van der Waals surface area (Å²) < 4.78 is 21.3. The van der Waals surface area contributed by atoms with E-state index < -0.39 is 12.0 Å². The minimum absolute atomic E-state index is 0.0167. The van der Waals surface area contributed by atoms with Crippen molar-refractivity contribution >= 4 is 41.4 Å². The normalized spacial score (nSPS) is 11.4. The number of allylic oxidation sites excluding steroid dienone is 1. The van der Waals surface area contributed by atoms with Gasteiger partial charge in [-0.1, -0.05) is 96.0 Å². The van der Waals surface area contributed by atoms with Crippen LogP contribution in [0.3, 0.4) is 0 Å². The zero-order valence-electron chi connectivity index (χ0n) is 41.4. The lowest BCUT2D eigenvalue weighted by molar-refractivity contribution is -0.142. The Bertz CT molecular complexity index is 1340. The van der Waals surface area contributed by atoms with Crippen LogP contribution >= 0.6 is 0 Å². The highest BCUT2D eigenvalue weighted by Gasteiger charge is 2.21. The largest absolute Gasteiger partial charge is 0.480 e. The van der Waals surface area contributed by atoms with Gasteiger partial charge in [-0.3, -0.25) is 28.8 Å². The molecule has 0 heterocycles. The summed E-state index contributed by atoms with van der Waals surface area (Å²) in [5, 5.41) is 25.7. The average molecular weight is 955 g/mol. The Morgan fingerprint density at radius 2 is 0.776 bits per heavy atom. The molecular weight excluding hydrogens is 865 g/mol. The fourth-order valence-corrected chi connectivity index (χ4v) is 6.65. The highest BCUT2D eigenvalue weighted by atomic mass is 16.5. The molecule has 0 bridgehead atoms. The van der Waals surface area contributed by atoms with Gasteiger partial charge in [0.05, 0.1) is 39.6 Å². The Balaban J connectivity index is 3.66. The quantitative estimate of drug-likeness (QED) is 0.0309. The standard InChI is InChI=1S/C49H90N6O12/c1-4-5-28-50-43(56)24-21-30-52-47(60)39-66-37-36-65-34-32-54-48(61)40-67-38-35-64-33-31-53-44(57)25-20-29-51-45(58)27-26-42(49(62)63)55-46(59)23-19-17-15-13-11-9-7-6-8-10-12-14-16-18-22-41(2)3/h42H,2,4-40H2,1,3H3,(H,50,56)(H,51,58)(H,52,60)(H,53,57)(H,54,61)(H,55,59)(H,62,63). The molecule has 0 fully saturated rings.